The van der Waals surface area contributed by atoms with Crippen molar-refractivity contribution < 1.29 is 4.79 Å². The Morgan fingerprint density at radius 3 is 2.70 bits per heavy atom. The van der Waals surface area contributed by atoms with Crippen LogP contribution in [0, 0.1) is 0 Å². The van der Waals surface area contributed by atoms with Crippen LogP contribution in [-0.2, 0) is 0 Å². The first kappa shape index (κ1) is 14.1. The molecule has 2 aromatic rings. The fourth-order valence-corrected chi connectivity index (χ4v) is 1.94. The Balaban J connectivity index is 2.12. The Labute approximate surface area is 123 Å². The zero-order chi connectivity index (χ0) is 14.5. The molecule has 0 aliphatic rings. The third kappa shape index (κ3) is 3.39. The van der Waals surface area contributed by atoms with Gasteiger partial charge in [0.25, 0.3) is 5.91 Å². The summed E-state index contributed by atoms with van der Waals surface area (Å²) in [5.74, 6) is -0.167. The van der Waals surface area contributed by atoms with Gasteiger partial charge in [-0.25, -0.2) is 0 Å². The molecule has 2 rings (SSSR count). The summed E-state index contributed by atoms with van der Waals surface area (Å²) in [5.41, 5.74) is 7.73. The number of pyridine rings is 1. The smallest absolute Gasteiger partial charge is 0.251 e. The molecule has 0 saturated heterocycles. The van der Waals surface area contributed by atoms with Crippen molar-refractivity contribution >= 4 is 23.1 Å². The Morgan fingerprint density at radius 1 is 1.30 bits per heavy atom. The SMILES string of the molecule is CC(NC(=O)c1cccc(C(N)=S)c1)c1cccnc1. The van der Waals surface area contributed by atoms with Gasteiger partial charge < -0.3 is 11.1 Å². The van der Waals surface area contributed by atoms with E-state index in [-0.39, 0.29) is 16.9 Å². The highest BCUT2D eigenvalue weighted by molar-refractivity contribution is 7.80. The molecule has 0 spiro atoms. The van der Waals surface area contributed by atoms with Crippen molar-refractivity contribution in [3.05, 3.63) is 65.5 Å². The van der Waals surface area contributed by atoms with Crippen LogP contribution in [0.15, 0.2) is 48.8 Å². The van der Waals surface area contributed by atoms with E-state index in [0.29, 0.717) is 11.1 Å². The third-order valence-electron chi connectivity index (χ3n) is 2.94. The van der Waals surface area contributed by atoms with Gasteiger partial charge in [0.15, 0.2) is 0 Å². The van der Waals surface area contributed by atoms with Crippen LogP contribution in [0.5, 0.6) is 0 Å². The van der Waals surface area contributed by atoms with E-state index in [2.05, 4.69) is 10.3 Å². The number of carbonyl (C=O) groups excluding carboxylic acids is 1. The van der Waals surface area contributed by atoms with Gasteiger partial charge in [-0.2, -0.15) is 0 Å². The molecule has 4 nitrogen and oxygen atoms in total. The monoisotopic (exact) mass is 285 g/mol. The van der Waals surface area contributed by atoms with Crippen LogP contribution in [0.4, 0.5) is 0 Å². The standard InChI is InChI=1S/C15H15N3OS/c1-10(13-6-3-7-17-9-13)18-15(19)12-5-2-4-11(8-12)14(16)20/h2-10H,1H3,(H2,16,20)(H,18,19). The average Bonchev–Trinajstić information content (AvgIpc) is 2.48. The summed E-state index contributed by atoms with van der Waals surface area (Å²) in [6.45, 7) is 1.91. The Hall–Kier alpha value is -2.27. The van der Waals surface area contributed by atoms with Crippen molar-refractivity contribution in [3.63, 3.8) is 0 Å². The molecule has 1 aromatic carbocycles. The van der Waals surface area contributed by atoms with Crippen LogP contribution in [0.25, 0.3) is 0 Å². The van der Waals surface area contributed by atoms with Gasteiger partial charge in [-0.15, -0.1) is 0 Å². The zero-order valence-corrected chi connectivity index (χ0v) is 11.9. The third-order valence-corrected chi connectivity index (χ3v) is 3.18. The van der Waals surface area contributed by atoms with E-state index in [9.17, 15) is 4.79 Å². The molecule has 0 radical (unpaired) electrons. The second-order valence-corrected chi connectivity index (χ2v) is 4.87. The minimum atomic E-state index is -0.167. The number of carbonyl (C=O) groups is 1. The number of thiocarbonyl (C=S) groups is 1. The zero-order valence-electron chi connectivity index (χ0n) is 11.0. The molecule has 5 heteroatoms. The summed E-state index contributed by atoms with van der Waals surface area (Å²) in [6, 6.07) is 10.6. The molecule has 0 bridgehead atoms. The Morgan fingerprint density at radius 2 is 2.05 bits per heavy atom. The lowest BCUT2D eigenvalue weighted by atomic mass is 10.1. The molecule has 0 aliphatic heterocycles. The minimum Gasteiger partial charge on any atom is -0.389 e. The van der Waals surface area contributed by atoms with Gasteiger partial charge in [-0.1, -0.05) is 30.4 Å². The summed E-state index contributed by atoms with van der Waals surface area (Å²) in [5, 5.41) is 2.92. The first-order valence-corrected chi connectivity index (χ1v) is 6.59. The van der Waals surface area contributed by atoms with Gasteiger partial charge in [0.05, 0.1) is 6.04 Å². The van der Waals surface area contributed by atoms with E-state index in [1.54, 1.807) is 36.7 Å². The number of nitrogens with two attached hydrogens (primary N) is 1. The van der Waals surface area contributed by atoms with E-state index < -0.39 is 0 Å². The molecular weight excluding hydrogens is 270 g/mol. The maximum absolute atomic E-state index is 12.2. The number of nitrogens with zero attached hydrogens (tertiary/aromatic N) is 1. The molecule has 1 atom stereocenters. The van der Waals surface area contributed by atoms with E-state index in [1.807, 2.05) is 19.1 Å². The van der Waals surface area contributed by atoms with Crippen LogP contribution in [0.1, 0.15) is 34.5 Å². The number of hydrogen-bond donors (Lipinski definition) is 2. The van der Waals surface area contributed by atoms with Gasteiger partial charge >= 0.3 is 0 Å². The molecule has 0 fully saturated rings. The van der Waals surface area contributed by atoms with Gasteiger partial charge in [-0.3, -0.25) is 9.78 Å². The number of hydrogen-bond acceptors (Lipinski definition) is 3. The maximum atomic E-state index is 12.2. The number of nitrogens with one attached hydrogen (secondary N) is 1. The highest BCUT2D eigenvalue weighted by atomic mass is 32.1. The molecule has 3 N–H and O–H groups in total. The van der Waals surface area contributed by atoms with Gasteiger partial charge in [0, 0.05) is 23.5 Å². The molecule has 0 saturated carbocycles. The molecule has 102 valence electrons. The predicted molar refractivity (Wildman–Crippen MR) is 82.4 cm³/mol. The van der Waals surface area contributed by atoms with Crippen LogP contribution in [-0.4, -0.2) is 15.9 Å². The van der Waals surface area contributed by atoms with Crippen molar-refractivity contribution in [1.82, 2.24) is 10.3 Å². The predicted octanol–water partition coefficient (Wildman–Crippen LogP) is 2.21. The quantitative estimate of drug-likeness (QED) is 0.845. The van der Waals surface area contributed by atoms with Gasteiger partial charge in [-0.05, 0) is 30.7 Å². The number of benzene rings is 1. The Kier molecular flexibility index (Phi) is 4.42. The molecule has 1 amide bonds. The van der Waals surface area contributed by atoms with Crippen LogP contribution in [0.2, 0.25) is 0 Å². The number of rotatable bonds is 4. The molecule has 1 heterocycles. The topological polar surface area (TPSA) is 68.0 Å². The normalized spacial score (nSPS) is 11.7. The lowest BCUT2D eigenvalue weighted by Gasteiger charge is -2.14. The van der Waals surface area contributed by atoms with Crippen molar-refractivity contribution in [2.75, 3.05) is 0 Å². The Bertz CT molecular complexity index is 628. The minimum absolute atomic E-state index is 0.121. The van der Waals surface area contributed by atoms with Crippen LogP contribution in [0.3, 0.4) is 0 Å². The lowest BCUT2D eigenvalue weighted by molar-refractivity contribution is 0.0940. The van der Waals surface area contributed by atoms with Crippen LogP contribution < -0.4 is 11.1 Å². The van der Waals surface area contributed by atoms with Gasteiger partial charge in [0.1, 0.15) is 4.99 Å². The molecule has 1 unspecified atom stereocenters. The largest absolute Gasteiger partial charge is 0.389 e. The van der Waals surface area contributed by atoms with Crippen LogP contribution >= 0.6 is 12.2 Å². The van der Waals surface area contributed by atoms with E-state index in [1.165, 1.54) is 0 Å². The van der Waals surface area contributed by atoms with Gasteiger partial charge in [0.2, 0.25) is 0 Å². The summed E-state index contributed by atoms with van der Waals surface area (Å²) in [7, 11) is 0. The molecule has 0 aliphatic carbocycles. The fourth-order valence-electron chi connectivity index (χ4n) is 1.81. The van der Waals surface area contributed by atoms with E-state index >= 15 is 0 Å². The van der Waals surface area contributed by atoms with Crippen molar-refractivity contribution in [1.29, 1.82) is 0 Å². The lowest BCUT2D eigenvalue weighted by Crippen LogP contribution is -2.27. The van der Waals surface area contributed by atoms with E-state index in [0.717, 1.165) is 5.56 Å². The molecular formula is C15H15N3OS. The summed E-state index contributed by atoms with van der Waals surface area (Å²) in [4.78, 5) is 16.5. The molecule has 20 heavy (non-hydrogen) atoms. The summed E-state index contributed by atoms with van der Waals surface area (Å²) < 4.78 is 0. The maximum Gasteiger partial charge on any atom is 0.251 e. The summed E-state index contributed by atoms with van der Waals surface area (Å²) >= 11 is 4.91. The number of aromatic nitrogens is 1. The second-order valence-electron chi connectivity index (χ2n) is 4.43. The summed E-state index contributed by atoms with van der Waals surface area (Å²) in [6.07, 6.45) is 3.43. The first-order valence-electron chi connectivity index (χ1n) is 6.18. The first-order chi connectivity index (χ1) is 9.58. The second kappa shape index (κ2) is 6.25. The van der Waals surface area contributed by atoms with Crippen molar-refractivity contribution in [2.45, 2.75) is 13.0 Å². The molecule has 1 aromatic heterocycles. The average molecular weight is 285 g/mol. The van der Waals surface area contributed by atoms with E-state index in [4.69, 9.17) is 18.0 Å². The highest BCUT2D eigenvalue weighted by Crippen LogP contribution is 2.12. The number of amides is 1. The highest BCUT2D eigenvalue weighted by Gasteiger charge is 2.12. The fraction of sp³-hybridized carbons (Fsp3) is 0.133. The van der Waals surface area contributed by atoms with Crippen molar-refractivity contribution in [2.24, 2.45) is 5.73 Å². The van der Waals surface area contributed by atoms with Crippen molar-refractivity contribution in [3.8, 4) is 0 Å².